The average Bonchev–Trinajstić information content (AvgIpc) is 2.43. The van der Waals surface area contributed by atoms with Crippen molar-refractivity contribution >= 4 is 10.0 Å². The Morgan fingerprint density at radius 2 is 1.68 bits per heavy atom. The lowest BCUT2D eigenvalue weighted by atomic mass is 9.94. The molecule has 0 aromatic heterocycles. The van der Waals surface area contributed by atoms with Crippen molar-refractivity contribution in [3.05, 3.63) is 30.3 Å². The van der Waals surface area contributed by atoms with Crippen LogP contribution in [-0.4, -0.2) is 32.6 Å². The Hall–Kier alpha value is -0.910. The van der Waals surface area contributed by atoms with Crippen molar-refractivity contribution in [3.8, 4) is 0 Å². The molecule has 3 atom stereocenters. The van der Waals surface area contributed by atoms with Crippen LogP contribution in [0.1, 0.15) is 47.0 Å². The van der Waals surface area contributed by atoms with Gasteiger partial charge in [-0.15, -0.1) is 0 Å². The minimum Gasteiger partial charge on any atom is -0.329 e. The van der Waals surface area contributed by atoms with Gasteiger partial charge in [0.25, 0.3) is 0 Å². The second kappa shape index (κ2) is 6.69. The second-order valence-electron chi connectivity index (χ2n) is 7.29. The van der Waals surface area contributed by atoms with E-state index in [1.807, 2.05) is 19.9 Å². The van der Waals surface area contributed by atoms with Crippen molar-refractivity contribution in [2.45, 2.75) is 69.5 Å². The summed E-state index contributed by atoms with van der Waals surface area (Å²) in [6.45, 7) is 9.31. The van der Waals surface area contributed by atoms with Crippen LogP contribution >= 0.6 is 0 Å². The molecule has 1 aliphatic heterocycles. The molecule has 1 aromatic carbocycles. The van der Waals surface area contributed by atoms with Crippen LogP contribution in [0.5, 0.6) is 0 Å². The van der Waals surface area contributed by atoms with Crippen LogP contribution in [0.25, 0.3) is 0 Å². The number of likely N-dealkylation sites (tertiary alicyclic amines) is 1. The lowest BCUT2D eigenvalue weighted by molar-refractivity contribution is -0.954. The third-order valence-corrected chi connectivity index (χ3v) is 6.36. The molecule has 0 amide bonds. The molecule has 0 aliphatic carbocycles. The molecular weight excluding hydrogens is 296 g/mol. The molecule has 0 saturated carbocycles. The Morgan fingerprint density at radius 3 is 2.23 bits per heavy atom. The molecule has 0 spiro atoms. The molecule has 0 bridgehead atoms. The van der Waals surface area contributed by atoms with Crippen LogP contribution in [0.15, 0.2) is 35.2 Å². The Balaban J connectivity index is 2.10. The highest BCUT2D eigenvalue weighted by Crippen LogP contribution is 2.13. The molecule has 1 unspecified atom stereocenters. The fourth-order valence-corrected chi connectivity index (χ4v) is 4.94. The van der Waals surface area contributed by atoms with Gasteiger partial charge in [-0.1, -0.05) is 18.2 Å². The van der Waals surface area contributed by atoms with Crippen molar-refractivity contribution < 1.29 is 13.3 Å². The van der Waals surface area contributed by atoms with Crippen LogP contribution < -0.4 is 9.62 Å². The topological polar surface area (TPSA) is 50.6 Å². The predicted molar refractivity (Wildman–Crippen MR) is 89.4 cm³/mol. The van der Waals surface area contributed by atoms with E-state index in [1.165, 1.54) is 24.2 Å². The summed E-state index contributed by atoms with van der Waals surface area (Å²) in [5, 5.41) is 0. The van der Waals surface area contributed by atoms with Gasteiger partial charge in [0.15, 0.2) is 0 Å². The first kappa shape index (κ1) is 17.4. The molecule has 1 aliphatic rings. The zero-order valence-electron chi connectivity index (χ0n) is 14.1. The largest absolute Gasteiger partial charge is 0.329 e. The molecule has 2 rings (SSSR count). The number of quaternary nitrogens is 1. The number of benzene rings is 1. The van der Waals surface area contributed by atoms with Crippen LogP contribution in [0.2, 0.25) is 0 Å². The van der Waals surface area contributed by atoms with E-state index in [-0.39, 0.29) is 0 Å². The molecule has 1 aromatic rings. The summed E-state index contributed by atoms with van der Waals surface area (Å²) in [7, 11) is -3.47. The minimum absolute atomic E-state index is 0.331. The molecule has 1 saturated heterocycles. The van der Waals surface area contributed by atoms with Gasteiger partial charge in [0, 0.05) is 0 Å². The maximum absolute atomic E-state index is 12.5. The Bertz CT molecular complexity index is 574. The molecule has 5 heteroatoms. The maximum atomic E-state index is 12.5. The van der Waals surface area contributed by atoms with Gasteiger partial charge in [0.2, 0.25) is 10.0 Å². The third-order valence-electron chi connectivity index (χ3n) is 4.65. The summed E-state index contributed by atoms with van der Waals surface area (Å²) in [5.41, 5.74) is -0.468. The van der Waals surface area contributed by atoms with Gasteiger partial charge in [-0.3, -0.25) is 0 Å². The third kappa shape index (κ3) is 4.31. The van der Waals surface area contributed by atoms with Gasteiger partial charge >= 0.3 is 0 Å². The van der Waals surface area contributed by atoms with Crippen LogP contribution in [0.3, 0.4) is 0 Å². The molecule has 1 fully saturated rings. The quantitative estimate of drug-likeness (QED) is 0.864. The van der Waals surface area contributed by atoms with Gasteiger partial charge in [-0.25, -0.2) is 8.42 Å². The molecule has 0 radical (unpaired) electrons. The fourth-order valence-electron chi connectivity index (χ4n) is 3.50. The van der Waals surface area contributed by atoms with Crippen molar-refractivity contribution in [1.29, 1.82) is 0 Å². The lowest BCUT2D eigenvalue weighted by Gasteiger charge is -2.40. The van der Waals surface area contributed by atoms with E-state index < -0.39 is 15.6 Å². The Kier molecular flexibility index (Phi) is 5.30. The first-order chi connectivity index (χ1) is 10.2. The number of hydrogen-bond acceptors (Lipinski definition) is 2. The predicted octanol–water partition coefficient (Wildman–Crippen LogP) is 1.59. The van der Waals surface area contributed by atoms with Gasteiger partial charge in [-0.05, 0) is 59.1 Å². The van der Waals surface area contributed by atoms with Gasteiger partial charge in [0.1, 0.15) is 0 Å². The number of piperidine rings is 1. The van der Waals surface area contributed by atoms with E-state index in [4.69, 9.17) is 0 Å². The van der Waals surface area contributed by atoms with E-state index >= 15 is 0 Å². The Labute approximate surface area is 135 Å². The highest BCUT2D eigenvalue weighted by molar-refractivity contribution is 7.89. The molecular formula is C17H29N2O2S+. The lowest BCUT2D eigenvalue weighted by Crippen LogP contribution is -3.21. The molecule has 124 valence electrons. The SMILES string of the molecule is C[C@@H]1CCC[C@H](C)[NH+]1CC(C)(C)NS(=O)(=O)c1ccccc1. The number of nitrogens with one attached hydrogen (secondary N) is 2. The number of sulfonamides is 1. The fraction of sp³-hybridized carbons (Fsp3) is 0.647. The van der Waals surface area contributed by atoms with Crippen LogP contribution in [-0.2, 0) is 10.0 Å². The number of rotatable bonds is 5. The van der Waals surface area contributed by atoms with Crippen molar-refractivity contribution in [3.63, 3.8) is 0 Å². The minimum atomic E-state index is -3.47. The monoisotopic (exact) mass is 325 g/mol. The summed E-state index contributed by atoms with van der Waals surface area (Å²) in [5.74, 6) is 0. The summed E-state index contributed by atoms with van der Waals surface area (Å²) in [6.07, 6.45) is 3.73. The first-order valence-corrected chi connectivity index (χ1v) is 9.64. The molecule has 2 N–H and O–H groups in total. The first-order valence-electron chi connectivity index (χ1n) is 8.16. The normalized spacial score (nSPS) is 26.8. The van der Waals surface area contributed by atoms with Gasteiger partial charge in [0.05, 0.1) is 29.1 Å². The van der Waals surface area contributed by atoms with E-state index in [2.05, 4.69) is 18.6 Å². The molecule has 1 heterocycles. The summed E-state index contributed by atoms with van der Waals surface area (Å²) in [4.78, 5) is 1.84. The standard InChI is InChI=1S/C17H28N2O2S/c1-14-9-8-10-15(2)19(14)13-17(3,4)18-22(20,21)16-11-6-5-7-12-16/h5-7,11-12,14-15,18H,8-10,13H2,1-4H3/p+1/t14-,15+. The van der Waals surface area contributed by atoms with E-state index in [0.29, 0.717) is 17.0 Å². The van der Waals surface area contributed by atoms with Crippen LogP contribution in [0.4, 0.5) is 0 Å². The van der Waals surface area contributed by atoms with Gasteiger partial charge in [-0.2, -0.15) is 4.72 Å². The Morgan fingerprint density at radius 1 is 1.14 bits per heavy atom. The highest BCUT2D eigenvalue weighted by atomic mass is 32.2. The maximum Gasteiger partial charge on any atom is 0.241 e. The summed E-state index contributed by atoms with van der Waals surface area (Å²) >= 11 is 0. The van der Waals surface area contributed by atoms with Crippen molar-refractivity contribution in [1.82, 2.24) is 4.72 Å². The second-order valence-corrected chi connectivity index (χ2v) is 8.97. The highest BCUT2D eigenvalue weighted by Gasteiger charge is 2.36. The van der Waals surface area contributed by atoms with Crippen LogP contribution in [0, 0.1) is 0 Å². The molecule has 22 heavy (non-hydrogen) atoms. The van der Waals surface area contributed by atoms with Crippen molar-refractivity contribution in [2.75, 3.05) is 6.54 Å². The van der Waals surface area contributed by atoms with E-state index in [9.17, 15) is 8.42 Å². The van der Waals surface area contributed by atoms with E-state index in [0.717, 1.165) is 6.54 Å². The average molecular weight is 325 g/mol. The van der Waals surface area contributed by atoms with Gasteiger partial charge < -0.3 is 4.90 Å². The molecule has 4 nitrogen and oxygen atoms in total. The summed E-state index contributed by atoms with van der Waals surface area (Å²) < 4.78 is 28.0. The zero-order valence-corrected chi connectivity index (χ0v) is 14.9. The zero-order chi connectivity index (χ0) is 16.4. The number of hydrogen-bond donors (Lipinski definition) is 2. The summed E-state index contributed by atoms with van der Waals surface area (Å²) in [6, 6.07) is 9.78. The smallest absolute Gasteiger partial charge is 0.241 e. The van der Waals surface area contributed by atoms with Crippen molar-refractivity contribution in [2.24, 2.45) is 0 Å². The van der Waals surface area contributed by atoms with E-state index in [1.54, 1.807) is 24.3 Å².